The van der Waals surface area contributed by atoms with Crippen molar-refractivity contribution in [1.29, 1.82) is 0 Å². The summed E-state index contributed by atoms with van der Waals surface area (Å²) >= 11 is 0. The molecule has 2 nitrogen and oxygen atoms in total. The van der Waals surface area contributed by atoms with Crippen molar-refractivity contribution < 1.29 is 4.21 Å². The van der Waals surface area contributed by atoms with Gasteiger partial charge in [-0.25, -0.2) is 8.51 Å². The predicted octanol–water partition coefficient (Wildman–Crippen LogP) is 1.93. The third-order valence-corrected chi connectivity index (χ3v) is 4.49. The van der Waals surface area contributed by atoms with E-state index in [0.717, 1.165) is 13.0 Å². The Kier molecular flexibility index (Phi) is 2.39. The molecule has 0 aliphatic carbocycles. The molecule has 3 heteroatoms. The summed E-state index contributed by atoms with van der Waals surface area (Å²) in [7, 11) is -0.814. The van der Waals surface area contributed by atoms with Gasteiger partial charge in [-0.1, -0.05) is 6.92 Å². The maximum absolute atomic E-state index is 11.8. The molecule has 1 aliphatic heterocycles. The van der Waals surface area contributed by atoms with Crippen LogP contribution in [0.25, 0.3) is 0 Å². The van der Waals surface area contributed by atoms with E-state index in [1.807, 2.05) is 20.8 Å². The molecule has 1 rings (SSSR count). The van der Waals surface area contributed by atoms with Crippen molar-refractivity contribution in [3.63, 3.8) is 0 Å². The lowest BCUT2D eigenvalue weighted by Crippen LogP contribution is -2.30. The minimum atomic E-state index is -0.814. The third kappa shape index (κ3) is 1.72. The number of hydrogen-bond acceptors (Lipinski definition) is 1. The molecular formula is C9H19NOS. The molecule has 0 amide bonds. The SMILES string of the molecule is CC[C@]1(C)CN1[S@](=O)C(C)(C)C. The Morgan fingerprint density at radius 1 is 1.50 bits per heavy atom. The van der Waals surface area contributed by atoms with Gasteiger partial charge in [-0.2, -0.15) is 0 Å². The second-order valence-electron chi connectivity index (χ2n) is 4.75. The first-order valence-electron chi connectivity index (χ1n) is 4.51. The summed E-state index contributed by atoms with van der Waals surface area (Å²) in [5.41, 5.74) is 0.220. The Labute approximate surface area is 77.9 Å². The molecule has 12 heavy (non-hydrogen) atoms. The highest BCUT2D eigenvalue weighted by atomic mass is 32.2. The normalized spacial score (nSPS) is 37.9. The molecule has 1 unspecified atom stereocenters. The summed E-state index contributed by atoms with van der Waals surface area (Å²) in [5.74, 6) is 0. The Morgan fingerprint density at radius 2 is 2.00 bits per heavy atom. The topological polar surface area (TPSA) is 20.1 Å². The van der Waals surface area contributed by atoms with Crippen molar-refractivity contribution in [1.82, 2.24) is 4.31 Å². The summed E-state index contributed by atoms with van der Waals surface area (Å²) < 4.78 is 13.8. The van der Waals surface area contributed by atoms with E-state index < -0.39 is 11.0 Å². The molecule has 0 spiro atoms. The highest BCUT2D eigenvalue weighted by molar-refractivity contribution is 7.84. The largest absolute Gasteiger partial charge is 0.242 e. The van der Waals surface area contributed by atoms with Crippen LogP contribution in [0.1, 0.15) is 41.0 Å². The van der Waals surface area contributed by atoms with Gasteiger partial charge in [-0.05, 0) is 34.1 Å². The van der Waals surface area contributed by atoms with Gasteiger partial charge in [0.2, 0.25) is 0 Å². The molecule has 0 N–H and O–H groups in total. The molecule has 0 aromatic carbocycles. The van der Waals surface area contributed by atoms with Crippen molar-refractivity contribution in [3.05, 3.63) is 0 Å². The fraction of sp³-hybridized carbons (Fsp3) is 1.00. The van der Waals surface area contributed by atoms with Crippen LogP contribution >= 0.6 is 0 Å². The average Bonchev–Trinajstić information content (AvgIpc) is 2.60. The van der Waals surface area contributed by atoms with E-state index in [1.54, 1.807) is 0 Å². The van der Waals surface area contributed by atoms with Crippen molar-refractivity contribution in [2.75, 3.05) is 6.54 Å². The smallest absolute Gasteiger partial charge is 0.100 e. The van der Waals surface area contributed by atoms with Gasteiger partial charge in [0.25, 0.3) is 0 Å². The second kappa shape index (κ2) is 2.81. The van der Waals surface area contributed by atoms with Crippen molar-refractivity contribution in [2.45, 2.75) is 51.3 Å². The van der Waals surface area contributed by atoms with Crippen LogP contribution in [0.4, 0.5) is 0 Å². The molecule has 0 bridgehead atoms. The zero-order valence-corrected chi connectivity index (χ0v) is 9.49. The van der Waals surface area contributed by atoms with E-state index in [-0.39, 0.29) is 10.3 Å². The first-order valence-corrected chi connectivity index (χ1v) is 5.61. The van der Waals surface area contributed by atoms with E-state index in [4.69, 9.17) is 0 Å². The summed E-state index contributed by atoms with van der Waals surface area (Å²) in [6.45, 7) is 11.4. The van der Waals surface area contributed by atoms with Gasteiger partial charge in [0, 0.05) is 12.1 Å². The minimum Gasteiger partial charge on any atom is -0.242 e. The molecule has 0 aromatic heterocycles. The highest BCUT2D eigenvalue weighted by Gasteiger charge is 2.51. The first kappa shape index (κ1) is 10.2. The van der Waals surface area contributed by atoms with Gasteiger partial charge in [-0.3, -0.25) is 0 Å². The van der Waals surface area contributed by atoms with Gasteiger partial charge < -0.3 is 0 Å². The van der Waals surface area contributed by atoms with Gasteiger partial charge in [0.05, 0.1) is 4.75 Å². The number of hydrogen-bond donors (Lipinski definition) is 0. The molecule has 3 atom stereocenters. The number of rotatable bonds is 2. The monoisotopic (exact) mass is 189 g/mol. The van der Waals surface area contributed by atoms with E-state index in [1.165, 1.54) is 0 Å². The van der Waals surface area contributed by atoms with Crippen LogP contribution in [0.5, 0.6) is 0 Å². The third-order valence-electron chi connectivity index (χ3n) is 2.47. The van der Waals surface area contributed by atoms with Gasteiger partial charge >= 0.3 is 0 Å². The van der Waals surface area contributed by atoms with Crippen LogP contribution < -0.4 is 0 Å². The number of nitrogens with zero attached hydrogens (tertiary/aromatic N) is 1. The molecular weight excluding hydrogens is 170 g/mol. The lowest BCUT2D eigenvalue weighted by molar-refractivity contribution is 0.536. The highest BCUT2D eigenvalue weighted by Crippen LogP contribution is 2.39. The zero-order valence-electron chi connectivity index (χ0n) is 8.68. The van der Waals surface area contributed by atoms with Crippen LogP contribution in [0.2, 0.25) is 0 Å². The lowest BCUT2D eigenvalue weighted by Gasteiger charge is -2.20. The zero-order chi connectivity index (χ0) is 9.57. The Morgan fingerprint density at radius 3 is 2.25 bits per heavy atom. The Bertz CT molecular complexity index is 209. The minimum absolute atomic E-state index is 0.104. The summed E-state index contributed by atoms with van der Waals surface area (Å²) in [5, 5.41) is 0. The predicted molar refractivity (Wildman–Crippen MR) is 53.3 cm³/mol. The summed E-state index contributed by atoms with van der Waals surface area (Å²) in [6.07, 6.45) is 1.09. The fourth-order valence-corrected chi connectivity index (χ4v) is 2.74. The molecule has 72 valence electrons. The van der Waals surface area contributed by atoms with Crippen LogP contribution in [-0.4, -0.2) is 25.3 Å². The van der Waals surface area contributed by atoms with E-state index >= 15 is 0 Å². The molecule has 1 heterocycles. The molecule has 0 aromatic rings. The molecule has 0 saturated carbocycles. The first-order chi connectivity index (χ1) is 5.31. The van der Waals surface area contributed by atoms with Crippen molar-refractivity contribution in [3.8, 4) is 0 Å². The van der Waals surface area contributed by atoms with Gasteiger partial charge in [0.1, 0.15) is 11.0 Å². The van der Waals surface area contributed by atoms with Crippen molar-refractivity contribution in [2.24, 2.45) is 0 Å². The Hall–Kier alpha value is 0.110. The second-order valence-corrected chi connectivity index (χ2v) is 6.91. The summed E-state index contributed by atoms with van der Waals surface area (Å²) in [4.78, 5) is 0. The van der Waals surface area contributed by atoms with E-state index in [2.05, 4.69) is 18.2 Å². The molecule has 1 fully saturated rings. The Balaban J connectivity index is 2.60. The maximum Gasteiger partial charge on any atom is 0.100 e. The van der Waals surface area contributed by atoms with Crippen LogP contribution in [0, 0.1) is 0 Å². The molecule has 1 aliphatic rings. The van der Waals surface area contributed by atoms with Gasteiger partial charge in [-0.15, -0.1) is 0 Å². The lowest BCUT2D eigenvalue weighted by atomic mass is 10.1. The van der Waals surface area contributed by atoms with Gasteiger partial charge in [0.15, 0.2) is 0 Å². The molecule has 1 saturated heterocycles. The summed E-state index contributed by atoms with van der Waals surface area (Å²) in [6, 6.07) is 0. The van der Waals surface area contributed by atoms with Crippen LogP contribution in [0.3, 0.4) is 0 Å². The quantitative estimate of drug-likeness (QED) is 0.608. The van der Waals surface area contributed by atoms with Crippen LogP contribution in [-0.2, 0) is 11.0 Å². The van der Waals surface area contributed by atoms with E-state index in [9.17, 15) is 4.21 Å². The molecule has 0 radical (unpaired) electrons. The fourth-order valence-electron chi connectivity index (χ4n) is 1.15. The van der Waals surface area contributed by atoms with Crippen LogP contribution in [0.15, 0.2) is 0 Å². The standard InChI is InChI=1S/C9H19NOS/c1-6-9(5)7-10(9)12(11)8(2,3)4/h6-7H2,1-5H3/t9-,10?,12-/m1/s1. The van der Waals surface area contributed by atoms with E-state index in [0.29, 0.717) is 0 Å². The average molecular weight is 189 g/mol. The van der Waals surface area contributed by atoms with Crippen molar-refractivity contribution >= 4 is 11.0 Å². The maximum atomic E-state index is 11.8.